The van der Waals surface area contributed by atoms with Gasteiger partial charge in [0.05, 0.1) is 17.2 Å². The number of halogens is 1. The quantitative estimate of drug-likeness (QED) is 0.185. The molecule has 0 atom stereocenters. The molecule has 3 aromatic heterocycles. The molecular formula is C33H37FN6. The van der Waals surface area contributed by atoms with Gasteiger partial charge in [0.25, 0.3) is 0 Å². The number of hydrogen-bond acceptors (Lipinski definition) is 5. The second kappa shape index (κ2) is 12.8. The number of H-pyrrole nitrogens is 1. The predicted octanol–water partition coefficient (Wildman–Crippen LogP) is 6.74. The first kappa shape index (κ1) is 27.5. The molecule has 0 radical (unpaired) electrons. The molecule has 206 valence electrons. The van der Waals surface area contributed by atoms with Gasteiger partial charge in [0.2, 0.25) is 0 Å². The average molecular weight is 537 g/mol. The van der Waals surface area contributed by atoms with E-state index in [-0.39, 0.29) is 5.82 Å². The lowest BCUT2D eigenvalue weighted by Crippen LogP contribution is -2.20. The molecule has 1 aromatic carbocycles. The van der Waals surface area contributed by atoms with E-state index in [1.165, 1.54) is 37.8 Å². The van der Waals surface area contributed by atoms with E-state index in [2.05, 4.69) is 44.3 Å². The third-order valence-electron chi connectivity index (χ3n) is 7.59. The Morgan fingerprint density at radius 3 is 2.73 bits per heavy atom. The van der Waals surface area contributed by atoms with E-state index in [1.54, 1.807) is 18.5 Å². The molecule has 40 heavy (non-hydrogen) atoms. The fraction of sp³-hybridized carbons (Fsp3) is 0.303. The number of fused-ring (bicyclic) bond motifs is 1. The predicted molar refractivity (Wildman–Crippen MR) is 161 cm³/mol. The van der Waals surface area contributed by atoms with E-state index >= 15 is 0 Å². The Morgan fingerprint density at radius 1 is 1.12 bits per heavy atom. The van der Waals surface area contributed by atoms with Crippen LogP contribution in [-0.2, 0) is 13.0 Å². The molecular weight excluding hydrogens is 499 g/mol. The summed E-state index contributed by atoms with van der Waals surface area (Å²) in [4.78, 5) is 17.2. The number of nitrogens with one attached hydrogen (secondary N) is 3. The highest BCUT2D eigenvalue weighted by Gasteiger charge is 2.15. The third-order valence-corrected chi connectivity index (χ3v) is 7.59. The highest BCUT2D eigenvalue weighted by molar-refractivity contribution is 5.91. The molecule has 3 N–H and O–H groups in total. The second-order valence-corrected chi connectivity index (χ2v) is 10.5. The number of allylic oxidation sites excluding steroid dienone is 4. The summed E-state index contributed by atoms with van der Waals surface area (Å²) < 4.78 is 13.9. The molecule has 3 heterocycles. The summed E-state index contributed by atoms with van der Waals surface area (Å²) in [7, 11) is 1.91. The van der Waals surface area contributed by atoms with Crippen molar-refractivity contribution in [3.8, 4) is 11.1 Å². The van der Waals surface area contributed by atoms with Gasteiger partial charge in [-0.25, -0.2) is 9.37 Å². The van der Waals surface area contributed by atoms with Crippen molar-refractivity contribution < 1.29 is 4.39 Å². The van der Waals surface area contributed by atoms with Crippen molar-refractivity contribution in [2.24, 2.45) is 5.92 Å². The van der Waals surface area contributed by atoms with Crippen LogP contribution >= 0.6 is 0 Å². The summed E-state index contributed by atoms with van der Waals surface area (Å²) in [5, 5.41) is 6.91. The van der Waals surface area contributed by atoms with E-state index in [0.717, 1.165) is 75.0 Å². The normalized spacial score (nSPS) is 14.7. The maximum atomic E-state index is 13.9. The number of aromatic nitrogens is 4. The van der Waals surface area contributed by atoms with Gasteiger partial charge in [-0.05, 0) is 84.3 Å². The molecule has 1 aliphatic rings. The second-order valence-electron chi connectivity index (χ2n) is 10.5. The van der Waals surface area contributed by atoms with Gasteiger partial charge in [-0.3, -0.25) is 9.97 Å². The molecule has 0 spiro atoms. The Morgan fingerprint density at radius 2 is 1.95 bits per heavy atom. The van der Waals surface area contributed by atoms with Crippen LogP contribution in [0.15, 0.2) is 85.1 Å². The van der Waals surface area contributed by atoms with Gasteiger partial charge in [-0.15, -0.1) is 0 Å². The first-order valence-electron chi connectivity index (χ1n) is 14.0. The lowest BCUT2D eigenvalue weighted by atomic mass is 10.0. The Bertz CT molecular complexity index is 1540. The molecule has 4 aromatic rings. The van der Waals surface area contributed by atoms with Crippen molar-refractivity contribution in [1.82, 2.24) is 30.6 Å². The van der Waals surface area contributed by atoms with E-state index in [4.69, 9.17) is 4.98 Å². The van der Waals surface area contributed by atoms with Crippen LogP contribution < -0.4 is 10.6 Å². The highest BCUT2D eigenvalue weighted by Crippen LogP contribution is 2.28. The number of likely N-dealkylation sites (N-methyl/N-ethyl adjacent to an activating group) is 1. The minimum absolute atomic E-state index is 0.288. The van der Waals surface area contributed by atoms with E-state index in [1.807, 2.05) is 38.5 Å². The number of imidazole rings is 1. The van der Waals surface area contributed by atoms with Crippen LogP contribution in [0, 0.1) is 11.7 Å². The smallest absolute Gasteiger partial charge is 0.123 e. The van der Waals surface area contributed by atoms with Crippen LogP contribution in [0.5, 0.6) is 0 Å². The standard InChI is InChI=1S/C33H37FN6/c1-4-30(35-3)26(12-22(2)27-13-24(18-37-19-27)17-36-16-23-8-5-6-9-23)15-32-39-31-21-38-20-29(33(31)40-32)25-10-7-11-28(34)14-25/h4,7,10-14,18-21,23,35-36H,2,5-6,8-9,15-17H2,1,3H3,(H,39,40)/b26-12-,30-4+. The fourth-order valence-corrected chi connectivity index (χ4v) is 5.52. The van der Waals surface area contributed by atoms with Crippen molar-refractivity contribution in [1.29, 1.82) is 0 Å². The Kier molecular flexibility index (Phi) is 8.81. The molecule has 0 unspecified atom stereocenters. The zero-order valence-corrected chi connectivity index (χ0v) is 23.3. The zero-order chi connectivity index (χ0) is 27.9. The lowest BCUT2D eigenvalue weighted by molar-refractivity contribution is 0.489. The van der Waals surface area contributed by atoms with Crippen LogP contribution in [0.1, 0.15) is 49.6 Å². The molecule has 0 aliphatic heterocycles. The monoisotopic (exact) mass is 536 g/mol. The number of pyridine rings is 2. The molecule has 1 fully saturated rings. The summed E-state index contributed by atoms with van der Waals surface area (Å²) in [5.41, 5.74) is 8.17. The number of hydrogen-bond donors (Lipinski definition) is 3. The van der Waals surface area contributed by atoms with Crippen LogP contribution in [0.25, 0.3) is 27.7 Å². The van der Waals surface area contributed by atoms with Crippen LogP contribution in [0.3, 0.4) is 0 Å². The van der Waals surface area contributed by atoms with Gasteiger partial charge in [0.1, 0.15) is 11.6 Å². The molecule has 5 rings (SSSR count). The molecule has 6 nitrogen and oxygen atoms in total. The van der Waals surface area contributed by atoms with Gasteiger partial charge >= 0.3 is 0 Å². The summed E-state index contributed by atoms with van der Waals surface area (Å²) >= 11 is 0. The maximum Gasteiger partial charge on any atom is 0.123 e. The average Bonchev–Trinajstić information content (AvgIpc) is 3.63. The van der Waals surface area contributed by atoms with Gasteiger partial charge in [-0.2, -0.15) is 0 Å². The van der Waals surface area contributed by atoms with E-state index in [0.29, 0.717) is 6.42 Å². The van der Waals surface area contributed by atoms with Crippen molar-refractivity contribution in [3.05, 3.63) is 108 Å². The van der Waals surface area contributed by atoms with E-state index < -0.39 is 0 Å². The van der Waals surface area contributed by atoms with Crippen LogP contribution in [-0.4, -0.2) is 33.5 Å². The van der Waals surface area contributed by atoms with Crippen molar-refractivity contribution in [2.75, 3.05) is 13.6 Å². The zero-order valence-electron chi connectivity index (χ0n) is 23.3. The van der Waals surface area contributed by atoms with Gasteiger partial charge in [0, 0.05) is 49.9 Å². The Balaban J connectivity index is 1.37. The Hall–Kier alpha value is -4.10. The summed E-state index contributed by atoms with van der Waals surface area (Å²) in [6.07, 6.45) is 17.3. The minimum atomic E-state index is -0.288. The van der Waals surface area contributed by atoms with Gasteiger partial charge in [-0.1, -0.05) is 37.6 Å². The minimum Gasteiger partial charge on any atom is -0.388 e. The number of nitrogens with zero attached hydrogens (tertiary/aromatic N) is 3. The van der Waals surface area contributed by atoms with Crippen molar-refractivity contribution in [3.63, 3.8) is 0 Å². The van der Waals surface area contributed by atoms with E-state index in [9.17, 15) is 4.39 Å². The van der Waals surface area contributed by atoms with Gasteiger partial charge < -0.3 is 15.6 Å². The van der Waals surface area contributed by atoms with Crippen molar-refractivity contribution >= 4 is 16.6 Å². The molecule has 0 bridgehead atoms. The topological polar surface area (TPSA) is 78.5 Å². The molecule has 0 saturated heterocycles. The maximum absolute atomic E-state index is 13.9. The summed E-state index contributed by atoms with van der Waals surface area (Å²) in [6, 6.07) is 8.67. The molecule has 7 heteroatoms. The largest absolute Gasteiger partial charge is 0.388 e. The number of benzene rings is 1. The third kappa shape index (κ3) is 6.54. The summed E-state index contributed by atoms with van der Waals surface area (Å²) in [6.45, 7) is 8.25. The first-order chi connectivity index (χ1) is 19.5. The Labute approximate surface area is 235 Å². The summed E-state index contributed by atoms with van der Waals surface area (Å²) in [5.74, 6) is 1.30. The van der Waals surface area contributed by atoms with Crippen LogP contribution in [0.2, 0.25) is 0 Å². The first-order valence-corrected chi connectivity index (χ1v) is 14.0. The molecule has 1 aliphatic carbocycles. The van der Waals surface area contributed by atoms with Crippen LogP contribution in [0.4, 0.5) is 4.39 Å². The van der Waals surface area contributed by atoms with Gasteiger partial charge in [0.15, 0.2) is 0 Å². The SMILES string of the molecule is C=C(/C=C(Cc1nc2c(-c3cccc(F)c3)cncc2[nH]1)\C(=C/C)NC)c1cncc(CNCC2CCCC2)c1. The lowest BCUT2D eigenvalue weighted by Gasteiger charge is -2.13. The number of aromatic amines is 1. The van der Waals surface area contributed by atoms with Crippen molar-refractivity contribution in [2.45, 2.75) is 45.6 Å². The number of rotatable bonds is 11. The fourth-order valence-electron chi connectivity index (χ4n) is 5.52. The molecule has 1 saturated carbocycles. The highest BCUT2D eigenvalue weighted by atomic mass is 19.1. The molecule has 0 amide bonds.